The molecule has 0 unspecified atom stereocenters. The minimum absolute atomic E-state index is 0.0663. The predicted octanol–water partition coefficient (Wildman–Crippen LogP) is 4.06. The number of aromatic nitrogens is 2. The molecule has 7 nitrogen and oxygen atoms in total. The van der Waals surface area contributed by atoms with Crippen LogP contribution in [0.3, 0.4) is 0 Å². The Morgan fingerprint density at radius 1 is 1.03 bits per heavy atom. The molecule has 0 fully saturated rings. The highest BCUT2D eigenvalue weighted by Crippen LogP contribution is 2.46. The Labute approximate surface area is 175 Å². The summed E-state index contributed by atoms with van der Waals surface area (Å²) in [5.74, 6) is 2.06. The first-order valence-corrected chi connectivity index (χ1v) is 9.88. The lowest BCUT2D eigenvalue weighted by Gasteiger charge is -2.27. The zero-order valence-corrected chi connectivity index (χ0v) is 17.6. The van der Waals surface area contributed by atoms with E-state index in [1.807, 2.05) is 47.4 Å². The fourth-order valence-corrected chi connectivity index (χ4v) is 4.04. The molecule has 0 bridgehead atoms. The molecule has 156 valence electrons. The number of aromatic amines is 1. The van der Waals surface area contributed by atoms with E-state index in [0.717, 1.165) is 34.6 Å². The smallest absolute Gasteiger partial charge is 0.273 e. The van der Waals surface area contributed by atoms with Crippen LogP contribution < -0.4 is 14.2 Å². The lowest BCUT2D eigenvalue weighted by Crippen LogP contribution is -2.30. The van der Waals surface area contributed by atoms with Gasteiger partial charge < -0.3 is 19.1 Å². The molecule has 30 heavy (non-hydrogen) atoms. The van der Waals surface area contributed by atoms with Crippen LogP contribution in [0.15, 0.2) is 42.5 Å². The monoisotopic (exact) mass is 407 g/mol. The number of hydrogen-bond donors (Lipinski definition) is 1. The van der Waals surface area contributed by atoms with E-state index in [0.29, 0.717) is 23.7 Å². The molecule has 0 aliphatic carbocycles. The van der Waals surface area contributed by atoms with Crippen molar-refractivity contribution in [3.8, 4) is 28.5 Å². The maximum Gasteiger partial charge on any atom is 0.273 e. The average molecular weight is 407 g/mol. The molecule has 0 saturated carbocycles. The Balaban J connectivity index is 1.93. The van der Waals surface area contributed by atoms with Crippen molar-refractivity contribution in [2.75, 3.05) is 27.9 Å². The number of nitrogens with zero attached hydrogens (tertiary/aromatic N) is 2. The number of methoxy groups -OCH3 is 3. The summed E-state index contributed by atoms with van der Waals surface area (Å²) in [4.78, 5) is 15.1. The van der Waals surface area contributed by atoms with E-state index in [4.69, 9.17) is 14.2 Å². The van der Waals surface area contributed by atoms with Crippen LogP contribution in [0.5, 0.6) is 17.2 Å². The molecule has 1 aromatic heterocycles. The van der Waals surface area contributed by atoms with E-state index >= 15 is 0 Å². The lowest BCUT2D eigenvalue weighted by atomic mass is 9.95. The topological polar surface area (TPSA) is 76.7 Å². The predicted molar refractivity (Wildman–Crippen MR) is 113 cm³/mol. The fourth-order valence-electron chi connectivity index (χ4n) is 4.04. The Morgan fingerprint density at radius 3 is 2.50 bits per heavy atom. The second-order valence-electron chi connectivity index (χ2n) is 7.10. The van der Waals surface area contributed by atoms with Gasteiger partial charge in [-0.15, -0.1) is 0 Å². The highest BCUT2D eigenvalue weighted by Gasteiger charge is 2.43. The van der Waals surface area contributed by atoms with Crippen LogP contribution in [-0.2, 0) is 0 Å². The van der Waals surface area contributed by atoms with Crippen molar-refractivity contribution in [1.29, 1.82) is 0 Å². The Morgan fingerprint density at radius 2 is 1.80 bits per heavy atom. The van der Waals surface area contributed by atoms with E-state index in [-0.39, 0.29) is 11.9 Å². The number of nitrogens with one attached hydrogen (secondary N) is 1. The van der Waals surface area contributed by atoms with Crippen molar-refractivity contribution in [1.82, 2.24) is 15.1 Å². The van der Waals surface area contributed by atoms with Crippen molar-refractivity contribution in [3.05, 3.63) is 59.3 Å². The SMILES string of the molecule is CCCN1C(=O)c2[nH]nc(-c3cccc(OC)c3)c2[C@H]1c1cc(OC)ccc1OC. The molecule has 1 aliphatic heterocycles. The number of hydrogen-bond acceptors (Lipinski definition) is 5. The second-order valence-corrected chi connectivity index (χ2v) is 7.10. The molecular weight excluding hydrogens is 382 g/mol. The van der Waals surface area contributed by atoms with Gasteiger partial charge in [-0.05, 0) is 36.8 Å². The number of rotatable bonds is 7. The van der Waals surface area contributed by atoms with Crippen LogP contribution >= 0.6 is 0 Å². The first-order chi connectivity index (χ1) is 14.6. The zero-order valence-electron chi connectivity index (χ0n) is 17.6. The van der Waals surface area contributed by atoms with E-state index in [1.54, 1.807) is 21.3 Å². The van der Waals surface area contributed by atoms with Crippen LogP contribution in [0.4, 0.5) is 0 Å². The molecule has 0 saturated heterocycles. The van der Waals surface area contributed by atoms with Gasteiger partial charge >= 0.3 is 0 Å². The van der Waals surface area contributed by atoms with Crippen LogP contribution in [0.1, 0.15) is 41.0 Å². The van der Waals surface area contributed by atoms with Gasteiger partial charge in [-0.25, -0.2) is 0 Å². The van der Waals surface area contributed by atoms with E-state index in [2.05, 4.69) is 17.1 Å². The summed E-state index contributed by atoms with van der Waals surface area (Å²) in [5.41, 5.74) is 3.82. The summed E-state index contributed by atoms with van der Waals surface area (Å²) in [6, 6.07) is 13.0. The van der Waals surface area contributed by atoms with Gasteiger partial charge in [-0.2, -0.15) is 5.10 Å². The maximum absolute atomic E-state index is 13.3. The van der Waals surface area contributed by atoms with E-state index in [1.165, 1.54) is 0 Å². The fraction of sp³-hybridized carbons (Fsp3) is 0.304. The quantitative estimate of drug-likeness (QED) is 0.639. The van der Waals surface area contributed by atoms with Gasteiger partial charge in [0.2, 0.25) is 0 Å². The molecule has 4 rings (SSSR count). The lowest BCUT2D eigenvalue weighted by molar-refractivity contribution is 0.0742. The first-order valence-electron chi connectivity index (χ1n) is 9.88. The summed E-state index contributed by atoms with van der Waals surface area (Å²) in [5, 5.41) is 7.47. The Hall–Kier alpha value is -3.48. The summed E-state index contributed by atoms with van der Waals surface area (Å²) in [6.45, 7) is 2.67. The number of carbonyl (C=O) groups is 1. The number of H-pyrrole nitrogens is 1. The van der Waals surface area contributed by atoms with Crippen LogP contribution in [0.2, 0.25) is 0 Å². The minimum Gasteiger partial charge on any atom is -0.497 e. The number of fused-ring (bicyclic) bond motifs is 1. The Kier molecular flexibility index (Phi) is 5.35. The van der Waals surface area contributed by atoms with Crippen LogP contribution in [-0.4, -0.2) is 48.9 Å². The van der Waals surface area contributed by atoms with E-state index < -0.39 is 0 Å². The number of benzene rings is 2. The molecule has 7 heteroatoms. The molecule has 1 atom stereocenters. The van der Waals surface area contributed by atoms with Crippen molar-refractivity contribution in [3.63, 3.8) is 0 Å². The van der Waals surface area contributed by atoms with Gasteiger partial charge in [0.05, 0.1) is 33.1 Å². The molecule has 0 radical (unpaired) electrons. The van der Waals surface area contributed by atoms with Gasteiger partial charge in [0.15, 0.2) is 0 Å². The maximum atomic E-state index is 13.3. The third kappa shape index (κ3) is 3.16. The zero-order chi connectivity index (χ0) is 21.3. The van der Waals surface area contributed by atoms with E-state index in [9.17, 15) is 4.79 Å². The van der Waals surface area contributed by atoms with Crippen LogP contribution in [0, 0.1) is 0 Å². The molecule has 2 aromatic carbocycles. The van der Waals surface area contributed by atoms with Crippen molar-refractivity contribution in [2.45, 2.75) is 19.4 Å². The number of ether oxygens (including phenoxy) is 3. The third-order valence-corrected chi connectivity index (χ3v) is 5.40. The number of carbonyl (C=O) groups excluding carboxylic acids is 1. The molecule has 1 amide bonds. The van der Waals surface area contributed by atoms with Gasteiger partial charge in [-0.1, -0.05) is 19.1 Å². The van der Waals surface area contributed by atoms with Crippen molar-refractivity contribution < 1.29 is 19.0 Å². The van der Waals surface area contributed by atoms with Gasteiger partial charge in [0.25, 0.3) is 5.91 Å². The molecule has 1 N–H and O–H groups in total. The summed E-state index contributed by atoms with van der Waals surface area (Å²) < 4.78 is 16.5. The molecular formula is C23H25N3O4. The average Bonchev–Trinajstić information content (AvgIpc) is 3.33. The van der Waals surface area contributed by atoms with Gasteiger partial charge in [-0.3, -0.25) is 9.89 Å². The second kappa shape index (κ2) is 8.10. The molecule has 2 heterocycles. The molecule has 0 spiro atoms. The standard InChI is InChI=1S/C23H25N3O4/c1-5-11-26-22(17-13-16(29-3)9-10-18(17)30-4)19-20(24-25-21(19)23(26)27)14-7-6-8-15(12-14)28-2/h6-10,12-13,22H,5,11H2,1-4H3,(H,24,25)/t22-/m1/s1. The van der Waals surface area contributed by atoms with Crippen molar-refractivity contribution in [2.24, 2.45) is 0 Å². The van der Waals surface area contributed by atoms with Crippen molar-refractivity contribution >= 4 is 5.91 Å². The van der Waals surface area contributed by atoms with Crippen LogP contribution in [0.25, 0.3) is 11.3 Å². The summed E-state index contributed by atoms with van der Waals surface area (Å²) >= 11 is 0. The molecule has 3 aromatic rings. The highest BCUT2D eigenvalue weighted by molar-refractivity contribution is 6.00. The normalized spacial score (nSPS) is 15.3. The highest BCUT2D eigenvalue weighted by atomic mass is 16.5. The van der Waals surface area contributed by atoms with Gasteiger partial charge in [0.1, 0.15) is 22.9 Å². The number of amides is 1. The molecule has 1 aliphatic rings. The summed E-state index contributed by atoms with van der Waals surface area (Å²) in [6.07, 6.45) is 0.834. The minimum atomic E-state index is -0.336. The Bertz CT molecular complexity index is 1080. The third-order valence-electron chi connectivity index (χ3n) is 5.40. The largest absolute Gasteiger partial charge is 0.497 e. The summed E-state index contributed by atoms with van der Waals surface area (Å²) in [7, 11) is 4.89. The first kappa shape index (κ1) is 19.8. The van der Waals surface area contributed by atoms with Gasteiger partial charge in [0, 0.05) is 23.2 Å².